The van der Waals surface area contributed by atoms with Crippen LogP contribution < -0.4 is 24.8 Å². The van der Waals surface area contributed by atoms with Crippen molar-refractivity contribution in [3.63, 3.8) is 0 Å². The Balaban J connectivity index is 0.00000240. The van der Waals surface area contributed by atoms with Gasteiger partial charge in [-0.2, -0.15) is 0 Å². The monoisotopic (exact) mass is 756 g/mol. The predicted octanol–water partition coefficient (Wildman–Crippen LogP) is 5.19. The SMILES string of the molecule is CCc1ccc2c(c1)[CH]([Zr+2]([C]1=C([Si](C)(C)C)C=CC1[Si](C)(C)C)=[C](c1ccccc1)c1ccccc1)c1cc(CC)ccc1-2.[Cl-].[Cl-]. The molecule has 1 unspecified atom stereocenters. The van der Waals surface area contributed by atoms with E-state index < -0.39 is 37.4 Å². The van der Waals surface area contributed by atoms with Crippen LogP contribution in [0.2, 0.25) is 44.8 Å². The first kappa shape index (κ1) is 37.0. The van der Waals surface area contributed by atoms with Crippen LogP contribution in [0.1, 0.15) is 50.9 Å². The van der Waals surface area contributed by atoms with Crippen molar-refractivity contribution in [2.75, 3.05) is 0 Å². The molecule has 0 N–H and O–H groups in total. The molecule has 238 valence electrons. The fourth-order valence-corrected chi connectivity index (χ4v) is 27.7. The molecule has 0 amide bonds. The molecule has 0 spiro atoms. The Labute approximate surface area is 300 Å². The van der Waals surface area contributed by atoms with E-state index in [1.807, 2.05) is 3.28 Å². The number of halogens is 2. The number of benzene rings is 4. The minimum Gasteiger partial charge on any atom is -1.00 e. The van der Waals surface area contributed by atoms with Gasteiger partial charge in [0.15, 0.2) is 0 Å². The van der Waals surface area contributed by atoms with Crippen LogP contribution in [0.4, 0.5) is 0 Å². The van der Waals surface area contributed by atoms with Crippen molar-refractivity contribution in [2.24, 2.45) is 0 Å². The van der Waals surface area contributed by atoms with Crippen molar-refractivity contribution in [3.8, 4) is 11.1 Å². The van der Waals surface area contributed by atoms with Crippen LogP contribution in [-0.2, 0) is 34.1 Å². The fourth-order valence-electron chi connectivity index (χ4n) is 7.47. The van der Waals surface area contributed by atoms with E-state index in [4.69, 9.17) is 0 Å². The number of hydrogen-bond donors (Lipinski definition) is 0. The van der Waals surface area contributed by atoms with Crippen LogP contribution >= 0.6 is 0 Å². The van der Waals surface area contributed by atoms with E-state index in [1.165, 1.54) is 33.4 Å². The first-order valence-corrected chi connectivity index (χ1v) is 27.5. The molecule has 46 heavy (non-hydrogen) atoms. The van der Waals surface area contributed by atoms with Crippen LogP contribution in [-0.4, -0.2) is 19.4 Å². The van der Waals surface area contributed by atoms with Gasteiger partial charge >= 0.3 is 278 Å². The minimum absolute atomic E-state index is 0. The second-order valence-corrected chi connectivity index (χ2v) is 31.2. The van der Waals surface area contributed by atoms with Gasteiger partial charge in [0.2, 0.25) is 0 Å². The predicted molar refractivity (Wildman–Crippen MR) is 195 cm³/mol. The van der Waals surface area contributed by atoms with E-state index in [0.29, 0.717) is 9.17 Å². The number of aryl methyl sites for hydroxylation is 2. The van der Waals surface area contributed by atoms with Crippen molar-refractivity contribution >= 4 is 19.4 Å². The molecule has 0 bridgehead atoms. The van der Waals surface area contributed by atoms with Crippen LogP contribution in [0.3, 0.4) is 0 Å². The zero-order valence-corrected chi connectivity index (χ0v) is 34.7. The van der Waals surface area contributed by atoms with Crippen molar-refractivity contribution < 1.29 is 46.1 Å². The summed E-state index contributed by atoms with van der Waals surface area (Å²) in [4.78, 5) is 0. The normalized spacial score (nSPS) is 15.4. The fraction of sp³-hybridized carbons (Fsp3) is 0.293. The van der Waals surface area contributed by atoms with E-state index in [2.05, 4.69) is 162 Å². The van der Waals surface area contributed by atoms with E-state index >= 15 is 0 Å². The number of rotatable bonds is 8. The average molecular weight is 759 g/mol. The van der Waals surface area contributed by atoms with Gasteiger partial charge in [-0.05, 0) is 0 Å². The Morgan fingerprint density at radius 1 is 0.630 bits per heavy atom. The van der Waals surface area contributed by atoms with Crippen LogP contribution in [0.5, 0.6) is 0 Å². The molecule has 0 saturated carbocycles. The van der Waals surface area contributed by atoms with E-state index in [9.17, 15) is 0 Å². The summed E-state index contributed by atoms with van der Waals surface area (Å²) < 4.78 is 4.05. The number of hydrogen-bond acceptors (Lipinski definition) is 0. The van der Waals surface area contributed by atoms with Crippen molar-refractivity contribution in [3.05, 3.63) is 151 Å². The van der Waals surface area contributed by atoms with Gasteiger partial charge in [0.25, 0.3) is 0 Å². The molecule has 2 aliphatic rings. The van der Waals surface area contributed by atoms with Crippen LogP contribution in [0.25, 0.3) is 11.1 Å². The van der Waals surface area contributed by atoms with Gasteiger partial charge in [-0.15, -0.1) is 0 Å². The van der Waals surface area contributed by atoms with E-state index in [1.54, 1.807) is 19.5 Å². The molecule has 4 aromatic carbocycles. The molecule has 0 aromatic heterocycles. The Bertz CT molecular complexity index is 1700. The molecular weight excluding hydrogens is 711 g/mol. The maximum Gasteiger partial charge on any atom is -1.00 e. The zero-order chi connectivity index (χ0) is 31.2. The largest absolute Gasteiger partial charge is 1.00 e. The molecule has 1 atom stereocenters. The van der Waals surface area contributed by atoms with Gasteiger partial charge < -0.3 is 24.8 Å². The minimum atomic E-state index is -2.87. The summed E-state index contributed by atoms with van der Waals surface area (Å²) in [6, 6.07) is 38.0. The molecule has 0 heterocycles. The molecule has 5 heteroatoms. The molecule has 2 aliphatic carbocycles. The topological polar surface area (TPSA) is 0 Å². The van der Waals surface area contributed by atoms with Crippen molar-refractivity contribution in [1.82, 2.24) is 0 Å². The molecule has 6 rings (SSSR count). The summed E-state index contributed by atoms with van der Waals surface area (Å²) in [6.45, 7) is 20.2. The third kappa shape index (κ3) is 6.97. The quantitative estimate of drug-likeness (QED) is 0.218. The Hall–Kier alpha value is -1.87. The summed E-state index contributed by atoms with van der Waals surface area (Å²) in [5.41, 5.74) is 12.6. The van der Waals surface area contributed by atoms with Crippen molar-refractivity contribution in [1.29, 1.82) is 0 Å². The van der Waals surface area contributed by atoms with Gasteiger partial charge in [-0.1, -0.05) is 0 Å². The van der Waals surface area contributed by atoms with Crippen LogP contribution in [0, 0.1) is 0 Å². The Morgan fingerprint density at radius 2 is 1.09 bits per heavy atom. The molecule has 0 fully saturated rings. The first-order valence-electron chi connectivity index (χ1n) is 16.6. The van der Waals surface area contributed by atoms with Gasteiger partial charge in [0.1, 0.15) is 0 Å². The zero-order valence-electron chi connectivity index (χ0n) is 28.7. The summed E-state index contributed by atoms with van der Waals surface area (Å²) in [7, 11) is -3.21. The Kier molecular flexibility index (Phi) is 11.8. The summed E-state index contributed by atoms with van der Waals surface area (Å²) >= 11 is -2.87. The summed E-state index contributed by atoms with van der Waals surface area (Å²) in [6.07, 6.45) is 7.45. The van der Waals surface area contributed by atoms with E-state index in [0.717, 1.165) is 12.8 Å². The van der Waals surface area contributed by atoms with Crippen molar-refractivity contribution in [2.45, 2.75) is 75.1 Å². The second kappa shape index (κ2) is 14.7. The van der Waals surface area contributed by atoms with E-state index in [-0.39, 0.29) is 24.8 Å². The second-order valence-electron chi connectivity index (χ2n) is 14.8. The third-order valence-electron chi connectivity index (χ3n) is 9.73. The maximum atomic E-state index is 2.67. The summed E-state index contributed by atoms with van der Waals surface area (Å²) in [5.74, 6) is 0. The van der Waals surface area contributed by atoms with Crippen LogP contribution in [0.15, 0.2) is 118 Å². The smallest absolute Gasteiger partial charge is 1.00 e. The molecule has 0 aliphatic heterocycles. The molecule has 0 saturated heterocycles. The summed E-state index contributed by atoms with van der Waals surface area (Å²) in [5, 5.41) is 1.76. The molecule has 4 aromatic rings. The Morgan fingerprint density at radius 3 is 1.48 bits per heavy atom. The molecule has 0 radical (unpaired) electrons. The standard InChI is InChI=1S/C17H17.C13H10.C11H21Si2.2ClH.Zr/c1-3-12-5-7-16-14(9-12)11-15-10-13(4-2)6-8-17(15)16;1-3-7-12(8-4-1)11-13-9-5-2-6-10-13;1-12(2,3)10-7-8-11(9-10)13(4,5)6;;;/h5-11H,3-4H2,1-2H3;1-10H;7-8,10H,1-6H3;2*1H;/q;;;;;+2/p-2. The van der Waals surface area contributed by atoms with Gasteiger partial charge in [0.05, 0.1) is 0 Å². The third-order valence-corrected chi connectivity index (χ3v) is 24.0. The number of fused-ring (bicyclic) bond motifs is 3. The van der Waals surface area contributed by atoms with Gasteiger partial charge in [-0.3, -0.25) is 0 Å². The van der Waals surface area contributed by atoms with Gasteiger partial charge in [0, 0.05) is 0 Å². The first-order chi connectivity index (χ1) is 21.0. The maximum absolute atomic E-state index is 2.87. The average Bonchev–Trinajstić information content (AvgIpc) is 3.60. The number of allylic oxidation sites excluding steroid dienone is 4. The molecule has 0 nitrogen and oxygen atoms in total. The molecular formula is C41H48Cl2Si2Zr. The van der Waals surface area contributed by atoms with Gasteiger partial charge in [-0.25, -0.2) is 0 Å².